The van der Waals surface area contributed by atoms with Crippen LogP contribution in [-0.2, 0) is 9.53 Å². The average molecular weight is 391 g/mol. The molecule has 0 spiro atoms. The molecule has 0 aliphatic carbocycles. The number of amides is 1. The second kappa shape index (κ2) is 8.60. The Morgan fingerprint density at radius 1 is 0.964 bits per heavy atom. The third kappa shape index (κ3) is 4.70. The summed E-state index contributed by atoms with van der Waals surface area (Å²) in [5, 5.41) is 2.65. The zero-order chi connectivity index (χ0) is 20.9. The molecule has 0 bridgehead atoms. The van der Waals surface area contributed by atoms with E-state index in [9.17, 15) is 14.0 Å². The molecule has 0 radical (unpaired) electrons. The summed E-state index contributed by atoms with van der Waals surface area (Å²) in [6.45, 7) is 3.09. The van der Waals surface area contributed by atoms with Crippen molar-refractivity contribution in [3.05, 3.63) is 47.8 Å². The van der Waals surface area contributed by atoms with Gasteiger partial charge >= 0.3 is 5.97 Å². The van der Waals surface area contributed by atoms with E-state index >= 15 is 0 Å². The smallest absolute Gasteiger partial charge is 0.340 e. The molecule has 1 amide bonds. The first-order valence-electron chi connectivity index (χ1n) is 8.32. The van der Waals surface area contributed by atoms with Crippen molar-refractivity contribution in [1.29, 1.82) is 0 Å². The van der Waals surface area contributed by atoms with Gasteiger partial charge in [0.1, 0.15) is 11.6 Å². The number of esters is 1. The number of rotatable bonds is 7. The highest BCUT2D eigenvalue weighted by Gasteiger charge is 2.31. The van der Waals surface area contributed by atoms with Gasteiger partial charge in [0.2, 0.25) is 0 Å². The van der Waals surface area contributed by atoms with Crippen molar-refractivity contribution in [2.24, 2.45) is 0 Å². The van der Waals surface area contributed by atoms with Gasteiger partial charge in [-0.1, -0.05) is 0 Å². The van der Waals surface area contributed by atoms with Crippen molar-refractivity contribution in [3.8, 4) is 17.2 Å². The topological polar surface area (TPSA) is 83.1 Å². The highest BCUT2D eigenvalue weighted by atomic mass is 19.1. The molecule has 0 atom stereocenters. The van der Waals surface area contributed by atoms with Gasteiger partial charge < -0.3 is 24.3 Å². The lowest BCUT2D eigenvalue weighted by Gasteiger charge is -2.26. The van der Waals surface area contributed by atoms with Gasteiger partial charge in [0.05, 0.1) is 32.6 Å². The summed E-state index contributed by atoms with van der Waals surface area (Å²) in [6.07, 6.45) is 0. The van der Waals surface area contributed by atoms with Crippen LogP contribution in [0, 0.1) is 5.82 Å². The Hall–Kier alpha value is -3.29. The molecule has 0 heterocycles. The molecule has 0 saturated carbocycles. The molecule has 0 unspecified atom stereocenters. The molecule has 8 heteroatoms. The molecule has 7 nitrogen and oxygen atoms in total. The van der Waals surface area contributed by atoms with Crippen molar-refractivity contribution < 1.29 is 32.9 Å². The second-order valence-corrected chi connectivity index (χ2v) is 6.26. The van der Waals surface area contributed by atoms with Gasteiger partial charge in [0, 0.05) is 12.1 Å². The minimum Gasteiger partial charge on any atom is -0.493 e. The Morgan fingerprint density at radius 3 is 2.07 bits per heavy atom. The lowest BCUT2D eigenvalue weighted by molar-refractivity contribution is -0.128. The zero-order valence-electron chi connectivity index (χ0n) is 16.3. The summed E-state index contributed by atoms with van der Waals surface area (Å²) >= 11 is 0. The van der Waals surface area contributed by atoms with E-state index in [1.807, 2.05) is 0 Å². The third-order valence-electron chi connectivity index (χ3n) is 3.91. The minimum absolute atomic E-state index is 0.0890. The number of hydrogen-bond donors (Lipinski definition) is 1. The molecule has 0 fully saturated rings. The maximum absolute atomic E-state index is 13.1. The lowest BCUT2D eigenvalue weighted by Crippen LogP contribution is -2.42. The third-order valence-corrected chi connectivity index (χ3v) is 3.91. The molecule has 0 aliphatic rings. The van der Waals surface area contributed by atoms with Crippen LogP contribution in [0.3, 0.4) is 0 Å². The molecule has 2 aromatic rings. The summed E-state index contributed by atoms with van der Waals surface area (Å²) in [5.74, 6) is -0.655. The Labute approximate surface area is 162 Å². The van der Waals surface area contributed by atoms with Crippen LogP contribution in [0.5, 0.6) is 17.2 Å². The van der Waals surface area contributed by atoms with E-state index in [0.717, 1.165) is 0 Å². The fraction of sp³-hybridized carbons (Fsp3) is 0.300. The summed E-state index contributed by atoms with van der Waals surface area (Å²) in [7, 11) is 4.09. The van der Waals surface area contributed by atoms with E-state index in [1.165, 1.54) is 57.7 Å². The van der Waals surface area contributed by atoms with Crippen molar-refractivity contribution in [2.75, 3.05) is 26.6 Å². The lowest BCUT2D eigenvalue weighted by atomic mass is 10.1. The predicted molar refractivity (Wildman–Crippen MR) is 101 cm³/mol. The summed E-state index contributed by atoms with van der Waals surface area (Å²) in [4.78, 5) is 24.9. The molecule has 1 N–H and O–H groups in total. The fourth-order valence-corrected chi connectivity index (χ4v) is 2.38. The van der Waals surface area contributed by atoms with Crippen molar-refractivity contribution in [2.45, 2.75) is 19.4 Å². The van der Waals surface area contributed by atoms with Gasteiger partial charge in [0.25, 0.3) is 5.91 Å². The van der Waals surface area contributed by atoms with Gasteiger partial charge in [0.15, 0.2) is 17.1 Å². The van der Waals surface area contributed by atoms with E-state index < -0.39 is 23.3 Å². The van der Waals surface area contributed by atoms with E-state index in [2.05, 4.69) is 5.32 Å². The maximum atomic E-state index is 13.1. The number of methoxy groups -OCH3 is 3. The second-order valence-electron chi connectivity index (χ2n) is 6.26. The van der Waals surface area contributed by atoms with Crippen molar-refractivity contribution in [3.63, 3.8) is 0 Å². The molecular formula is C20H22FNO6. The molecule has 2 rings (SSSR count). The van der Waals surface area contributed by atoms with Gasteiger partial charge in [-0.15, -0.1) is 0 Å². The number of nitrogens with one attached hydrogen (secondary N) is 1. The SMILES string of the molecule is COC(=O)c1cc(OC)c(OC)cc1NC(=O)C(C)(C)Oc1ccc(F)cc1. The normalized spacial score (nSPS) is 10.8. The first-order chi connectivity index (χ1) is 13.2. The van der Waals surface area contributed by atoms with Gasteiger partial charge in [-0.2, -0.15) is 0 Å². The Balaban J connectivity index is 2.32. The predicted octanol–water partition coefficient (Wildman–Crippen LogP) is 3.43. The van der Waals surface area contributed by atoms with Crippen molar-refractivity contribution >= 4 is 17.6 Å². The minimum atomic E-state index is -1.32. The van der Waals surface area contributed by atoms with Gasteiger partial charge in [-0.3, -0.25) is 4.79 Å². The summed E-state index contributed by atoms with van der Waals surface area (Å²) in [6, 6.07) is 8.16. The standard InChI is InChI=1S/C20H22FNO6/c1-20(2,28-13-8-6-12(21)7-9-13)19(24)22-15-11-17(26-4)16(25-3)10-14(15)18(23)27-5/h6-11H,1-5H3,(H,22,24). The van der Waals surface area contributed by atoms with Crippen LogP contribution in [0.2, 0.25) is 0 Å². The Kier molecular flexibility index (Phi) is 6.45. The first-order valence-corrected chi connectivity index (χ1v) is 8.32. The highest BCUT2D eigenvalue weighted by molar-refractivity contribution is 6.04. The van der Waals surface area contributed by atoms with Crippen LogP contribution in [0.25, 0.3) is 0 Å². The molecule has 0 saturated heterocycles. The molecule has 0 aromatic heterocycles. The largest absolute Gasteiger partial charge is 0.493 e. The Bertz CT molecular complexity index is 864. The number of anilines is 1. The van der Waals surface area contributed by atoms with Crippen LogP contribution >= 0.6 is 0 Å². The summed E-state index contributed by atoms with van der Waals surface area (Å²) < 4.78 is 33.9. The van der Waals surface area contributed by atoms with Crippen LogP contribution in [0.1, 0.15) is 24.2 Å². The van der Waals surface area contributed by atoms with Crippen LogP contribution in [0.15, 0.2) is 36.4 Å². The molecular weight excluding hydrogens is 369 g/mol. The zero-order valence-corrected chi connectivity index (χ0v) is 16.3. The average Bonchev–Trinajstić information content (AvgIpc) is 2.68. The van der Waals surface area contributed by atoms with Crippen LogP contribution in [0.4, 0.5) is 10.1 Å². The Morgan fingerprint density at radius 2 is 1.54 bits per heavy atom. The molecule has 28 heavy (non-hydrogen) atoms. The van der Waals surface area contributed by atoms with E-state index in [1.54, 1.807) is 13.8 Å². The van der Waals surface area contributed by atoms with Crippen LogP contribution < -0.4 is 19.5 Å². The first kappa shape index (κ1) is 21.0. The number of ether oxygens (including phenoxy) is 4. The number of halogens is 1. The van der Waals surface area contributed by atoms with E-state index in [4.69, 9.17) is 18.9 Å². The number of hydrogen-bond acceptors (Lipinski definition) is 6. The number of benzene rings is 2. The number of carbonyl (C=O) groups excluding carboxylic acids is 2. The molecule has 2 aromatic carbocycles. The van der Waals surface area contributed by atoms with E-state index in [0.29, 0.717) is 17.2 Å². The monoisotopic (exact) mass is 391 g/mol. The molecule has 150 valence electrons. The highest BCUT2D eigenvalue weighted by Crippen LogP contribution is 2.34. The van der Waals surface area contributed by atoms with E-state index in [-0.39, 0.29) is 11.3 Å². The van der Waals surface area contributed by atoms with Crippen molar-refractivity contribution in [1.82, 2.24) is 0 Å². The number of carbonyl (C=O) groups is 2. The molecule has 0 aliphatic heterocycles. The van der Waals surface area contributed by atoms with Crippen LogP contribution in [-0.4, -0.2) is 38.8 Å². The fourth-order valence-electron chi connectivity index (χ4n) is 2.38. The summed E-state index contributed by atoms with van der Waals surface area (Å²) in [5.41, 5.74) is -1.06. The maximum Gasteiger partial charge on any atom is 0.340 e. The van der Waals surface area contributed by atoms with Gasteiger partial charge in [-0.25, -0.2) is 9.18 Å². The quantitative estimate of drug-likeness (QED) is 0.728. The van der Waals surface area contributed by atoms with Gasteiger partial charge in [-0.05, 0) is 38.1 Å².